The molecule has 0 spiro atoms. The van der Waals surface area contributed by atoms with Crippen LogP contribution < -0.4 is 0 Å². The van der Waals surface area contributed by atoms with Crippen LogP contribution in [0.1, 0.15) is 23.0 Å². The Morgan fingerprint density at radius 2 is 2.00 bits per heavy atom. The van der Waals surface area contributed by atoms with Crippen LogP contribution in [-0.4, -0.2) is 15.0 Å². The molecule has 0 saturated heterocycles. The number of hydrogen-bond acceptors (Lipinski definition) is 2. The molecule has 0 saturated carbocycles. The monoisotopic (exact) mass is 337 g/mol. The first-order chi connectivity index (χ1) is 8.79. The van der Waals surface area contributed by atoms with E-state index < -0.39 is 17.6 Å². The first kappa shape index (κ1) is 14.0. The predicted octanol–water partition coefficient (Wildman–Crippen LogP) is 3.88. The molecule has 1 atom stereocenters. The SMILES string of the molecule is CC(Br)c1cn(-c2cc(C(F)(F)F)ccc2F)nn1. The average molecular weight is 338 g/mol. The van der Waals surface area contributed by atoms with Gasteiger partial charge >= 0.3 is 6.18 Å². The minimum absolute atomic E-state index is 0.130. The van der Waals surface area contributed by atoms with Crippen molar-refractivity contribution in [3.8, 4) is 5.69 Å². The Morgan fingerprint density at radius 1 is 1.32 bits per heavy atom. The van der Waals surface area contributed by atoms with Gasteiger partial charge in [-0.2, -0.15) is 13.2 Å². The van der Waals surface area contributed by atoms with E-state index in [0.29, 0.717) is 17.8 Å². The number of halogens is 5. The molecule has 102 valence electrons. The van der Waals surface area contributed by atoms with Crippen LogP contribution in [0, 0.1) is 5.82 Å². The van der Waals surface area contributed by atoms with Gasteiger partial charge in [0.15, 0.2) is 0 Å². The zero-order chi connectivity index (χ0) is 14.2. The second kappa shape index (κ2) is 4.92. The summed E-state index contributed by atoms with van der Waals surface area (Å²) in [6, 6.07) is 2.15. The van der Waals surface area contributed by atoms with E-state index >= 15 is 0 Å². The Morgan fingerprint density at radius 3 is 2.53 bits per heavy atom. The molecule has 1 heterocycles. The Bertz CT molecular complexity index is 592. The summed E-state index contributed by atoms with van der Waals surface area (Å²) in [4.78, 5) is -0.130. The van der Waals surface area contributed by atoms with Crippen molar-refractivity contribution in [3.05, 3.63) is 41.5 Å². The maximum Gasteiger partial charge on any atom is 0.416 e. The molecule has 1 aromatic carbocycles. The third kappa shape index (κ3) is 2.94. The van der Waals surface area contributed by atoms with Gasteiger partial charge in [0, 0.05) is 0 Å². The molecule has 0 N–H and O–H groups in total. The molecule has 1 unspecified atom stereocenters. The summed E-state index contributed by atoms with van der Waals surface area (Å²) >= 11 is 3.24. The van der Waals surface area contributed by atoms with Crippen LogP contribution in [0.5, 0.6) is 0 Å². The topological polar surface area (TPSA) is 30.7 Å². The third-order valence-electron chi connectivity index (χ3n) is 2.44. The minimum Gasteiger partial charge on any atom is -0.217 e. The second-order valence-corrected chi connectivity index (χ2v) is 5.24. The van der Waals surface area contributed by atoms with Crippen molar-refractivity contribution in [1.29, 1.82) is 0 Å². The highest BCUT2D eigenvalue weighted by molar-refractivity contribution is 9.09. The molecule has 0 aliphatic heterocycles. The van der Waals surface area contributed by atoms with Crippen LogP contribution in [0.25, 0.3) is 5.69 Å². The number of rotatable bonds is 2. The largest absolute Gasteiger partial charge is 0.416 e. The molecular formula is C11H8BrF4N3. The van der Waals surface area contributed by atoms with Crippen LogP contribution in [-0.2, 0) is 6.18 Å². The van der Waals surface area contributed by atoms with Crippen molar-refractivity contribution >= 4 is 15.9 Å². The second-order valence-electron chi connectivity index (χ2n) is 3.87. The fourth-order valence-electron chi connectivity index (χ4n) is 1.44. The number of benzene rings is 1. The Kier molecular flexibility index (Phi) is 3.62. The summed E-state index contributed by atoms with van der Waals surface area (Å²) < 4.78 is 52.3. The van der Waals surface area contributed by atoms with Gasteiger partial charge in [0.2, 0.25) is 0 Å². The summed E-state index contributed by atoms with van der Waals surface area (Å²) in [5.74, 6) is -0.799. The van der Waals surface area contributed by atoms with Crippen molar-refractivity contribution in [2.75, 3.05) is 0 Å². The highest BCUT2D eigenvalue weighted by Crippen LogP contribution is 2.31. The van der Waals surface area contributed by atoms with Crippen molar-refractivity contribution in [2.45, 2.75) is 17.9 Å². The van der Waals surface area contributed by atoms with Crippen molar-refractivity contribution in [3.63, 3.8) is 0 Å². The standard InChI is InChI=1S/C11H8BrF4N3/c1-6(12)9-5-19(18-17-9)10-4-7(11(14,15)16)2-3-8(10)13/h2-6H,1H3. The highest BCUT2D eigenvalue weighted by atomic mass is 79.9. The average Bonchev–Trinajstić information content (AvgIpc) is 2.77. The molecule has 1 aromatic heterocycles. The van der Waals surface area contributed by atoms with Gasteiger partial charge in [0.1, 0.15) is 11.5 Å². The number of alkyl halides is 4. The molecule has 0 fully saturated rings. The Labute approximate surface area is 114 Å². The molecule has 19 heavy (non-hydrogen) atoms. The van der Waals surface area contributed by atoms with Crippen LogP contribution >= 0.6 is 15.9 Å². The van der Waals surface area contributed by atoms with Gasteiger partial charge in [-0.25, -0.2) is 9.07 Å². The van der Waals surface area contributed by atoms with Crippen LogP contribution in [0.4, 0.5) is 17.6 Å². The quantitative estimate of drug-likeness (QED) is 0.615. The van der Waals surface area contributed by atoms with E-state index in [1.807, 2.05) is 0 Å². The Hall–Kier alpha value is -1.44. The smallest absolute Gasteiger partial charge is 0.217 e. The fourth-order valence-corrected chi connectivity index (χ4v) is 1.65. The van der Waals surface area contributed by atoms with Gasteiger partial charge in [-0.05, 0) is 25.1 Å². The lowest BCUT2D eigenvalue weighted by Gasteiger charge is -2.09. The number of nitrogens with zero attached hydrogens (tertiary/aromatic N) is 3. The predicted molar refractivity (Wildman–Crippen MR) is 63.7 cm³/mol. The van der Waals surface area contributed by atoms with E-state index in [2.05, 4.69) is 26.2 Å². The number of aromatic nitrogens is 3. The molecular weight excluding hydrogens is 330 g/mol. The Balaban J connectivity index is 2.48. The lowest BCUT2D eigenvalue weighted by atomic mass is 10.2. The molecule has 3 nitrogen and oxygen atoms in total. The van der Waals surface area contributed by atoms with Crippen molar-refractivity contribution < 1.29 is 17.6 Å². The van der Waals surface area contributed by atoms with Gasteiger partial charge < -0.3 is 0 Å². The molecule has 2 aromatic rings. The van der Waals surface area contributed by atoms with E-state index in [1.54, 1.807) is 6.92 Å². The maximum atomic E-state index is 13.6. The molecule has 0 aliphatic rings. The van der Waals surface area contributed by atoms with E-state index in [9.17, 15) is 17.6 Å². The normalized spacial score (nSPS) is 13.6. The highest BCUT2D eigenvalue weighted by Gasteiger charge is 2.31. The van der Waals surface area contributed by atoms with Crippen LogP contribution in [0.15, 0.2) is 24.4 Å². The zero-order valence-electron chi connectivity index (χ0n) is 9.62. The van der Waals surface area contributed by atoms with Crippen molar-refractivity contribution in [1.82, 2.24) is 15.0 Å². The zero-order valence-corrected chi connectivity index (χ0v) is 11.2. The van der Waals surface area contributed by atoms with Crippen molar-refractivity contribution in [2.24, 2.45) is 0 Å². The first-order valence-electron chi connectivity index (χ1n) is 5.22. The van der Waals surface area contributed by atoms with Crippen LogP contribution in [0.3, 0.4) is 0 Å². The molecule has 2 rings (SSSR count). The maximum absolute atomic E-state index is 13.6. The van der Waals surface area contributed by atoms with Crippen LogP contribution in [0.2, 0.25) is 0 Å². The van der Waals surface area contributed by atoms with Gasteiger partial charge in [-0.3, -0.25) is 0 Å². The van der Waals surface area contributed by atoms with E-state index in [1.165, 1.54) is 6.20 Å². The third-order valence-corrected chi connectivity index (χ3v) is 2.91. The summed E-state index contributed by atoms with van der Waals surface area (Å²) in [5, 5.41) is 7.36. The van der Waals surface area contributed by atoms with Gasteiger partial charge in [-0.15, -0.1) is 5.10 Å². The number of hydrogen-bond donors (Lipinski definition) is 0. The summed E-state index contributed by atoms with van der Waals surface area (Å²) in [6.45, 7) is 1.77. The minimum atomic E-state index is -4.53. The summed E-state index contributed by atoms with van der Waals surface area (Å²) in [5.41, 5.74) is -0.730. The lowest BCUT2D eigenvalue weighted by molar-refractivity contribution is -0.137. The molecule has 0 aliphatic carbocycles. The van der Waals surface area contributed by atoms with E-state index in [-0.39, 0.29) is 10.5 Å². The first-order valence-corrected chi connectivity index (χ1v) is 6.14. The molecule has 0 radical (unpaired) electrons. The van der Waals surface area contributed by atoms with E-state index in [4.69, 9.17) is 0 Å². The summed E-state index contributed by atoms with van der Waals surface area (Å²) in [7, 11) is 0. The molecule has 8 heteroatoms. The van der Waals surface area contributed by atoms with E-state index in [0.717, 1.165) is 10.7 Å². The van der Waals surface area contributed by atoms with Gasteiger partial charge in [-0.1, -0.05) is 21.1 Å². The van der Waals surface area contributed by atoms with Gasteiger partial charge in [0.05, 0.1) is 22.3 Å². The fraction of sp³-hybridized carbons (Fsp3) is 0.273. The summed E-state index contributed by atoms with van der Waals surface area (Å²) in [6.07, 6.45) is -3.16. The lowest BCUT2D eigenvalue weighted by Crippen LogP contribution is -2.08. The molecule has 0 bridgehead atoms. The van der Waals surface area contributed by atoms with Gasteiger partial charge in [0.25, 0.3) is 0 Å². The molecule has 0 amide bonds.